The summed E-state index contributed by atoms with van der Waals surface area (Å²) in [6.07, 6.45) is 0.218. The smallest absolute Gasteiger partial charge is 0.273 e. The lowest BCUT2D eigenvalue weighted by molar-refractivity contribution is -0.138. The maximum absolute atomic E-state index is 13.2. The van der Waals surface area contributed by atoms with E-state index < -0.39 is 6.10 Å². The molecule has 2 aliphatic rings. The highest BCUT2D eigenvalue weighted by Gasteiger charge is 2.40. The van der Waals surface area contributed by atoms with Gasteiger partial charge >= 0.3 is 0 Å². The molecule has 1 fully saturated rings. The molecular weight excluding hydrogens is 348 g/mol. The molecule has 134 valence electrons. The number of benzene rings is 2. The molecule has 0 spiro atoms. The van der Waals surface area contributed by atoms with Crippen molar-refractivity contribution in [1.29, 1.82) is 0 Å². The fourth-order valence-corrected chi connectivity index (χ4v) is 4.32. The van der Waals surface area contributed by atoms with Gasteiger partial charge in [0.1, 0.15) is 6.61 Å². The van der Waals surface area contributed by atoms with Crippen LogP contribution in [0, 0.1) is 0 Å². The van der Waals surface area contributed by atoms with Gasteiger partial charge in [-0.2, -0.15) is 0 Å². The average molecular weight is 368 g/mol. The largest absolute Gasteiger partial charge is 0.485 e. The van der Waals surface area contributed by atoms with Crippen LogP contribution in [-0.4, -0.2) is 40.5 Å². The van der Waals surface area contributed by atoms with Crippen LogP contribution in [0.1, 0.15) is 13.3 Å². The van der Waals surface area contributed by atoms with Crippen LogP contribution in [0.2, 0.25) is 0 Å². The zero-order valence-corrected chi connectivity index (χ0v) is 15.3. The number of hydrogen-bond acceptors (Lipinski definition) is 5. The van der Waals surface area contributed by atoms with Gasteiger partial charge < -0.3 is 9.47 Å². The number of aliphatic imine (C=N–C) groups is 1. The van der Waals surface area contributed by atoms with E-state index >= 15 is 0 Å². The third kappa shape index (κ3) is 3.29. The lowest BCUT2D eigenvalue weighted by Gasteiger charge is -2.31. The minimum absolute atomic E-state index is 0.0916. The fourth-order valence-electron chi connectivity index (χ4n) is 3.04. The molecule has 0 bridgehead atoms. The summed E-state index contributed by atoms with van der Waals surface area (Å²) in [6.45, 7) is 2.30. The van der Waals surface area contributed by atoms with Crippen molar-refractivity contribution in [3.63, 3.8) is 0 Å². The molecule has 2 aromatic rings. The lowest BCUT2D eigenvalue weighted by atomic mass is 10.2. The maximum atomic E-state index is 13.2. The van der Waals surface area contributed by atoms with Gasteiger partial charge in [0, 0.05) is 11.8 Å². The molecule has 2 aromatic carbocycles. The Morgan fingerprint density at radius 1 is 1.15 bits per heavy atom. The predicted octanol–water partition coefficient (Wildman–Crippen LogP) is 3.87. The van der Waals surface area contributed by atoms with Crippen LogP contribution in [0.3, 0.4) is 0 Å². The minimum Gasteiger partial charge on any atom is -0.485 e. The number of hydrogen-bond donors (Lipinski definition) is 0. The second kappa shape index (κ2) is 7.41. The number of nitrogens with zero attached hydrogens (tertiary/aromatic N) is 2. The molecule has 26 heavy (non-hydrogen) atoms. The molecule has 6 heteroatoms. The minimum atomic E-state index is -0.654. The first-order valence-corrected chi connectivity index (χ1v) is 9.73. The molecule has 1 saturated heterocycles. The van der Waals surface area contributed by atoms with Gasteiger partial charge in [-0.1, -0.05) is 49.0 Å². The van der Waals surface area contributed by atoms with E-state index in [4.69, 9.17) is 9.47 Å². The van der Waals surface area contributed by atoms with Gasteiger partial charge in [-0.3, -0.25) is 9.69 Å². The Bertz CT molecular complexity index is 825. The van der Waals surface area contributed by atoms with Crippen molar-refractivity contribution in [2.24, 2.45) is 4.99 Å². The Balaban J connectivity index is 1.59. The van der Waals surface area contributed by atoms with Gasteiger partial charge in [0.2, 0.25) is 6.10 Å². The van der Waals surface area contributed by atoms with E-state index in [1.54, 1.807) is 16.7 Å². The number of para-hydroxylation sites is 3. The van der Waals surface area contributed by atoms with Gasteiger partial charge in [-0.05, 0) is 30.7 Å². The third-order valence-electron chi connectivity index (χ3n) is 4.45. The number of carbonyl (C=O) groups is 1. The van der Waals surface area contributed by atoms with Crippen molar-refractivity contribution >= 4 is 28.5 Å². The summed E-state index contributed by atoms with van der Waals surface area (Å²) in [7, 11) is 0. The van der Waals surface area contributed by atoms with Crippen molar-refractivity contribution in [1.82, 2.24) is 4.90 Å². The summed E-state index contributed by atoms with van der Waals surface area (Å²) >= 11 is 1.61. The van der Waals surface area contributed by atoms with Crippen molar-refractivity contribution < 1.29 is 14.3 Å². The van der Waals surface area contributed by atoms with Crippen LogP contribution in [-0.2, 0) is 4.79 Å². The van der Waals surface area contributed by atoms with Gasteiger partial charge in [0.05, 0.1) is 5.69 Å². The summed E-state index contributed by atoms with van der Waals surface area (Å²) < 4.78 is 11.6. The van der Waals surface area contributed by atoms with Crippen molar-refractivity contribution in [2.45, 2.75) is 25.5 Å². The number of carbonyl (C=O) groups excluding carboxylic acids is 1. The first kappa shape index (κ1) is 17.0. The zero-order valence-electron chi connectivity index (χ0n) is 14.5. The molecule has 1 amide bonds. The van der Waals surface area contributed by atoms with Gasteiger partial charge in [-0.15, -0.1) is 0 Å². The van der Waals surface area contributed by atoms with E-state index in [9.17, 15) is 4.79 Å². The summed E-state index contributed by atoms with van der Waals surface area (Å²) in [6, 6.07) is 17.3. The Morgan fingerprint density at radius 2 is 1.88 bits per heavy atom. The highest BCUT2D eigenvalue weighted by molar-refractivity contribution is 8.14. The van der Waals surface area contributed by atoms with E-state index in [-0.39, 0.29) is 18.6 Å². The normalized spacial score (nSPS) is 23.3. The molecule has 4 rings (SSSR count). The van der Waals surface area contributed by atoms with E-state index in [0.29, 0.717) is 11.5 Å². The standard InChI is InChI=1S/C20H20N2O3S/c1-2-15-13-26-20(21-14-8-4-3-5-9-14)22(15)19(23)18-12-24-16-10-6-7-11-17(16)25-18/h3-11,15,18H,2,12-13H2,1H3/t15-,18-/m0/s1. The number of thioether (sulfide) groups is 1. The third-order valence-corrected chi connectivity index (χ3v) is 5.55. The van der Waals surface area contributed by atoms with E-state index in [1.807, 2.05) is 54.6 Å². The zero-order chi connectivity index (χ0) is 17.9. The Labute approximate surface area is 157 Å². The van der Waals surface area contributed by atoms with Crippen molar-refractivity contribution in [2.75, 3.05) is 12.4 Å². The topological polar surface area (TPSA) is 51.1 Å². The number of ether oxygens (including phenoxy) is 2. The molecule has 0 aromatic heterocycles. The molecular formula is C20H20N2O3S. The maximum Gasteiger partial charge on any atom is 0.273 e. The molecule has 5 nitrogen and oxygen atoms in total. The van der Waals surface area contributed by atoms with Gasteiger partial charge in [0.25, 0.3) is 5.91 Å². The summed E-state index contributed by atoms with van der Waals surface area (Å²) in [5.74, 6) is 2.04. The first-order valence-electron chi connectivity index (χ1n) is 8.74. The molecule has 2 heterocycles. The van der Waals surface area contributed by atoms with Crippen LogP contribution in [0.25, 0.3) is 0 Å². The quantitative estimate of drug-likeness (QED) is 0.825. The van der Waals surface area contributed by atoms with Gasteiger partial charge in [-0.25, -0.2) is 4.99 Å². The lowest BCUT2D eigenvalue weighted by Crippen LogP contribution is -2.49. The van der Waals surface area contributed by atoms with Crippen LogP contribution in [0.5, 0.6) is 11.5 Å². The number of amidine groups is 1. The highest BCUT2D eigenvalue weighted by atomic mass is 32.2. The molecule has 0 unspecified atom stereocenters. The predicted molar refractivity (Wildman–Crippen MR) is 103 cm³/mol. The molecule has 0 radical (unpaired) electrons. The molecule has 2 aliphatic heterocycles. The van der Waals surface area contributed by atoms with Gasteiger partial charge in [0.15, 0.2) is 16.7 Å². The average Bonchev–Trinajstić information content (AvgIpc) is 3.10. The van der Waals surface area contributed by atoms with Crippen LogP contribution in [0.15, 0.2) is 59.6 Å². The van der Waals surface area contributed by atoms with E-state index in [0.717, 1.165) is 23.0 Å². The summed E-state index contributed by atoms with van der Waals surface area (Å²) in [4.78, 5) is 19.7. The molecule has 0 N–H and O–H groups in total. The van der Waals surface area contributed by atoms with Crippen molar-refractivity contribution in [3.8, 4) is 11.5 Å². The Hall–Kier alpha value is -2.47. The summed E-state index contributed by atoms with van der Waals surface area (Å²) in [5, 5.41) is 0.732. The molecule has 0 saturated carbocycles. The highest BCUT2D eigenvalue weighted by Crippen LogP contribution is 2.34. The second-order valence-electron chi connectivity index (χ2n) is 6.18. The van der Waals surface area contributed by atoms with Crippen LogP contribution < -0.4 is 9.47 Å². The Morgan fingerprint density at radius 3 is 2.65 bits per heavy atom. The van der Waals surface area contributed by atoms with Crippen molar-refractivity contribution in [3.05, 3.63) is 54.6 Å². The summed E-state index contributed by atoms with van der Waals surface area (Å²) in [5.41, 5.74) is 0.843. The SMILES string of the molecule is CC[C@H]1CSC(=Nc2ccccc2)N1C(=O)[C@@H]1COc2ccccc2O1. The molecule has 2 atom stereocenters. The number of fused-ring (bicyclic) bond motifs is 1. The molecule has 0 aliphatic carbocycles. The monoisotopic (exact) mass is 368 g/mol. The Kier molecular flexibility index (Phi) is 4.84. The number of rotatable bonds is 3. The van der Waals surface area contributed by atoms with Crippen LogP contribution in [0.4, 0.5) is 5.69 Å². The first-order chi connectivity index (χ1) is 12.8. The van der Waals surface area contributed by atoms with E-state index in [2.05, 4.69) is 11.9 Å². The van der Waals surface area contributed by atoms with E-state index in [1.165, 1.54) is 0 Å². The fraction of sp³-hybridized carbons (Fsp3) is 0.300. The number of amides is 1. The van der Waals surface area contributed by atoms with Crippen LogP contribution >= 0.6 is 11.8 Å². The second-order valence-corrected chi connectivity index (χ2v) is 7.16.